The number of benzene rings is 1. The van der Waals surface area contributed by atoms with E-state index in [1.165, 1.54) is 27.9 Å². The SMILES string of the molecule is CCn1ncc(-c2ccc(C)cc2C(C)(C)C)c1C. The molecular weight excluding hydrogens is 232 g/mol. The van der Waals surface area contributed by atoms with Crippen molar-refractivity contribution in [3.63, 3.8) is 0 Å². The van der Waals surface area contributed by atoms with E-state index in [1.54, 1.807) is 0 Å². The van der Waals surface area contributed by atoms with Crippen molar-refractivity contribution in [2.24, 2.45) is 0 Å². The summed E-state index contributed by atoms with van der Waals surface area (Å²) < 4.78 is 2.06. The Morgan fingerprint density at radius 1 is 1.11 bits per heavy atom. The van der Waals surface area contributed by atoms with Crippen LogP contribution in [0.2, 0.25) is 0 Å². The highest BCUT2D eigenvalue weighted by Crippen LogP contribution is 2.35. The van der Waals surface area contributed by atoms with Gasteiger partial charge in [-0.3, -0.25) is 4.68 Å². The second kappa shape index (κ2) is 4.84. The van der Waals surface area contributed by atoms with Gasteiger partial charge in [0.2, 0.25) is 0 Å². The molecule has 2 aromatic rings. The molecule has 0 bridgehead atoms. The summed E-state index contributed by atoms with van der Waals surface area (Å²) >= 11 is 0. The highest BCUT2D eigenvalue weighted by atomic mass is 15.3. The van der Waals surface area contributed by atoms with Gasteiger partial charge in [0.15, 0.2) is 0 Å². The Morgan fingerprint density at radius 3 is 2.32 bits per heavy atom. The lowest BCUT2D eigenvalue weighted by Gasteiger charge is -2.23. The number of hydrogen-bond donors (Lipinski definition) is 0. The predicted molar refractivity (Wildman–Crippen MR) is 81.5 cm³/mol. The number of aromatic nitrogens is 2. The summed E-state index contributed by atoms with van der Waals surface area (Å²) in [7, 11) is 0. The maximum atomic E-state index is 4.47. The van der Waals surface area contributed by atoms with Crippen LogP contribution >= 0.6 is 0 Å². The zero-order chi connectivity index (χ0) is 14.2. The van der Waals surface area contributed by atoms with E-state index >= 15 is 0 Å². The van der Waals surface area contributed by atoms with E-state index in [1.807, 2.05) is 6.20 Å². The Bertz CT molecular complexity index is 586. The van der Waals surface area contributed by atoms with Gasteiger partial charge in [-0.05, 0) is 37.3 Å². The Hall–Kier alpha value is -1.57. The summed E-state index contributed by atoms with van der Waals surface area (Å²) in [5, 5.41) is 4.47. The number of nitrogens with zero attached hydrogens (tertiary/aromatic N) is 2. The molecule has 0 unspecified atom stereocenters. The molecular formula is C17H24N2. The van der Waals surface area contributed by atoms with Crippen molar-refractivity contribution in [2.75, 3.05) is 0 Å². The molecule has 0 saturated heterocycles. The molecule has 2 heteroatoms. The first-order chi connectivity index (χ1) is 8.84. The smallest absolute Gasteiger partial charge is 0.0571 e. The molecule has 2 nitrogen and oxygen atoms in total. The molecule has 1 aromatic heterocycles. The van der Waals surface area contributed by atoms with Gasteiger partial charge in [0.1, 0.15) is 0 Å². The third-order valence-electron chi connectivity index (χ3n) is 3.68. The fourth-order valence-electron chi connectivity index (χ4n) is 2.54. The van der Waals surface area contributed by atoms with Crippen molar-refractivity contribution in [2.45, 2.75) is 53.5 Å². The van der Waals surface area contributed by atoms with Gasteiger partial charge in [-0.25, -0.2) is 0 Å². The Morgan fingerprint density at radius 2 is 1.79 bits per heavy atom. The molecule has 0 aliphatic carbocycles. The highest BCUT2D eigenvalue weighted by molar-refractivity contribution is 5.70. The fraction of sp³-hybridized carbons (Fsp3) is 0.471. The minimum absolute atomic E-state index is 0.141. The highest BCUT2D eigenvalue weighted by Gasteiger charge is 2.20. The average Bonchev–Trinajstić information content (AvgIpc) is 2.69. The van der Waals surface area contributed by atoms with E-state index in [9.17, 15) is 0 Å². The third kappa shape index (κ3) is 2.58. The first-order valence-electron chi connectivity index (χ1n) is 6.98. The maximum absolute atomic E-state index is 4.47. The normalized spacial score (nSPS) is 11.9. The molecule has 0 radical (unpaired) electrons. The monoisotopic (exact) mass is 256 g/mol. The van der Waals surface area contributed by atoms with Crippen LogP contribution in [0.1, 0.15) is 44.5 Å². The van der Waals surface area contributed by atoms with Crippen molar-refractivity contribution in [1.82, 2.24) is 9.78 Å². The summed E-state index contributed by atoms with van der Waals surface area (Å²) in [6.45, 7) is 14.2. The number of hydrogen-bond acceptors (Lipinski definition) is 1. The van der Waals surface area contributed by atoms with Gasteiger partial charge in [-0.15, -0.1) is 0 Å². The molecule has 2 rings (SSSR count). The van der Waals surface area contributed by atoms with Gasteiger partial charge in [0.25, 0.3) is 0 Å². The van der Waals surface area contributed by atoms with Crippen LogP contribution in [-0.2, 0) is 12.0 Å². The van der Waals surface area contributed by atoms with E-state index in [4.69, 9.17) is 0 Å². The zero-order valence-corrected chi connectivity index (χ0v) is 12.9. The van der Waals surface area contributed by atoms with Crippen LogP contribution in [0, 0.1) is 13.8 Å². The number of rotatable bonds is 2. The van der Waals surface area contributed by atoms with Crippen molar-refractivity contribution in [3.8, 4) is 11.1 Å². The molecule has 1 aromatic carbocycles. The van der Waals surface area contributed by atoms with Crippen LogP contribution in [-0.4, -0.2) is 9.78 Å². The molecule has 0 aliphatic heterocycles. The van der Waals surface area contributed by atoms with E-state index in [-0.39, 0.29) is 5.41 Å². The fourth-order valence-corrected chi connectivity index (χ4v) is 2.54. The predicted octanol–water partition coefficient (Wildman–Crippen LogP) is 4.48. The number of aryl methyl sites for hydroxylation is 2. The van der Waals surface area contributed by atoms with Crippen molar-refractivity contribution < 1.29 is 0 Å². The van der Waals surface area contributed by atoms with Crippen LogP contribution in [0.3, 0.4) is 0 Å². The van der Waals surface area contributed by atoms with Crippen LogP contribution in [0.25, 0.3) is 11.1 Å². The van der Waals surface area contributed by atoms with Crippen molar-refractivity contribution in [1.29, 1.82) is 0 Å². The van der Waals surface area contributed by atoms with Crippen molar-refractivity contribution in [3.05, 3.63) is 41.2 Å². The van der Waals surface area contributed by atoms with Gasteiger partial charge < -0.3 is 0 Å². The molecule has 0 atom stereocenters. The molecule has 19 heavy (non-hydrogen) atoms. The molecule has 0 N–H and O–H groups in total. The third-order valence-corrected chi connectivity index (χ3v) is 3.68. The van der Waals surface area contributed by atoms with Crippen LogP contribution < -0.4 is 0 Å². The Balaban J connectivity index is 2.65. The Labute approximate surface area is 116 Å². The minimum atomic E-state index is 0.141. The summed E-state index contributed by atoms with van der Waals surface area (Å²) in [5.41, 5.74) is 6.67. The molecule has 1 heterocycles. The summed E-state index contributed by atoms with van der Waals surface area (Å²) in [5.74, 6) is 0. The molecule has 102 valence electrons. The van der Waals surface area contributed by atoms with E-state index in [2.05, 4.69) is 69.5 Å². The lowest BCUT2D eigenvalue weighted by molar-refractivity contribution is 0.591. The zero-order valence-electron chi connectivity index (χ0n) is 12.9. The topological polar surface area (TPSA) is 17.8 Å². The lowest BCUT2D eigenvalue weighted by atomic mass is 9.81. The summed E-state index contributed by atoms with van der Waals surface area (Å²) in [6.07, 6.45) is 2.00. The van der Waals surface area contributed by atoms with Crippen molar-refractivity contribution >= 4 is 0 Å². The maximum Gasteiger partial charge on any atom is 0.0571 e. The minimum Gasteiger partial charge on any atom is -0.270 e. The van der Waals surface area contributed by atoms with Gasteiger partial charge in [0.05, 0.1) is 6.20 Å². The second-order valence-corrected chi connectivity index (χ2v) is 6.26. The van der Waals surface area contributed by atoms with Gasteiger partial charge >= 0.3 is 0 Å². The standard InChI is InChI=1S/C17H24N2/c1-7-19-13(3)15(11-18-19)14-9-8-12(2)10-16(14)17(4,5)6/h8-11H,7H2,1-6H3. The average molecular weight is 256 g/mol. The van der Waals surface area contributed by atoms with E-state index in [0.717, 1.165) is 6.54 Å². The molecule has 0 amide bonds. The van der Waals surface area contributed by atoms with Gasteiger partial charge in [-0.1, -0.05) is 44.5 Å². The quantitative estimate of drug-likeness (QED) is 0.774. The van der Waals surface area contributed by atoms with Crippen LogP contribution in [0.5, 0.6) is 0 Å². The summed E-state index contributed by atoms with van der Waals surface area (Å²) in [4.78, 5) is 0. The molecule has 0 spiro atoms. The first-order valence-corrected chi connectivity index (χ1v) is 6.98. The summed E-state index contributed by atoms with van der Waals surface area (Å²) in [6, 6.07) is 6.73. The van der Waals surface area contributed by atoms with Crippen LogP contribution in [0.4, 0.5) is 0 Å². The lowest BCUT2D eigenvalue weighted by Crippen LogP contribution is -2.13. The Kier molecular flexibility index (Phi) is 3.53. The molecule has 0 saturated carbocycles. The molecule has 0 aliphatic rings. The van der Waals surface area contributed by atoms with E-state index in [0.29, 0.717) is 0 Å². The van der Waals surface area contributed by atoms with E-state index < -0.39 is 0 Å². The largest absolute Gasteiger partial charge is 0.270 e. The van der Waals surface area contributed by atoms with Gasteiger partial charge in [-0.2, -0.15) is 5.10 Å². The first kappa shape index (κ1) is 13.9. The van der Waals surface area contributed by atoms with Crippen LogP contribution in [0.15, 0.2) is 24.4 Å². The van der Waals surface area contributed by atoms with Gasteiger partial charge in [0, 0.05) is 17.8 Å². The molecule has 0 fully saturated rings. The second-order valence-electron chi connectivity index (χ2n) is 6.26.